The third-order valence-corrected chi connectivity index (χ3v) is 19.3. The topological polar surface area (TPSA) is 260 Å². The van der Waals surface area contributed by atoms with Gasteiger partial charge in [0.05, 0.1) is 70.3 Å². The molecule has 608 valence electrons. The van der Waals surface area contributed by atoms with E-state index >= 15 is 4.39 Å². The van der Waals surface area contributed by atoms with Crippen LogP contribution in [0.15, 0.2) is 262 Å². The fraction of sp³-hybridized carbons (Fsp3) is 0.156. The van der Waals surface area contributed by atoms with Gasteiger partial charge in [0.15, 0.2) is 0 Å². The molecule has 0 radical (unpaired) electrons. The van der Waals surface area contributed by atoms with Crippen LogP contribution < -0.4 is 41.4 Å². The number of H-pyrrole nitrogens is 1. The van der Waals surface area contributed by atoms with Gasteiger partial charge in [0.25, 0.3) is 0 Å². The second-order valence-electron chi connectivity index (χ2n) is 25.9. The van der Waals surface area contributed by atoms with Crippen LogP contribution in [-0.4, -0.2) is 94.3 Å². The maximum atomic E-state index is 15.1. The standard InChI is InChI=1S/C26H23FN2O4.C19H15ClFNO3.C17H11ClFNO3.C12H9ClFNO3.C9H13NO.C7H7Br/c1-28(14-18-9-6-10-19(11-18)33-2)24-13-23-20(12-22(24)27)25(30)21(26(31)32)16-29(23)15-17-7-4-3-5-8-17;1-2-25-19(24)14-11-22(10-12-6-4-3-5-7-12)17-9-15(20)16(21)8-13(17)18(14)23;18-13-7-15-11(6-14(13)19)16(21)12(17(22)23)9-20(15)8-10-4-2-1-3-5-10;1-2-18-12(17)7-5-15-10-4-8(13)9(14)3-6(10)11(7)16;1-10-7-8-4-3-5-9(6-8)11-2;8-6-7-4-2-1-3-5-7/h3-13,16H,14-15H2,1-2H3,(H,31,32);3-9,11H,2,10H2,1H3;1-7,9H,8H2,(H,22,23);3-5H,2H2,1H3,(H,15,16);3-6,10H,7H2,1-2H3;1-5H,6H2. The highest BCUT2D eigenvalue weighted by Gasteiger charge is 2.23. The largest absolute Gasteiger partial charge is 0.497 e. The van der Waals surface area contributed by atoms with Gasteiger partial charge in [0, 0.05) is 91.4 Å². The number of rotatable bonds is 20. The van der Waals surface area contributed by atoms with Gasteiger partial charge in [-0.25, -0.2) is 36.7 Å². The Morgan fingerprint density at radius 1 is 0.449 bits per heavy atom. The zero-order valence-electron chi connectivity index (χ0n) is 64.4. The van der Waals surface area contributed by atoms with Crippen LogP contribution in [0.2, 0.25) is 15.1 Å². The molecule has 0 bridgehead atoms. The Hall–Kier alpha value is -12.7. The average molecular weight is 1730 g/mol. The highest BCUT2D eigenvalue weighted by atomic mass is 79.9. The lowest BCUT2D eigenvalue weighted by molar-refractivity contribution is 0.0514. The van der Waals surface area contributed by atoms with Crippen LogP contribution >= 0.6 is 50.7 Å². The molecule has 118 heavy (non-hydrogen) atoms. The van der Waals surface area contributed by atoms with Crippen molar-refractivity contribution >= 4 is 124 Å². The van der Waals surface area contributed by atoms with Gasteiger partial charge < -0.3 is 58.1 Å². The van der Waals surface area contributed by atoms with Crippen molar-refractivity contribution in [3.8, 4) is 11.5 Å². The molecule has 0 saturated carbocycles. The van der Waals surface area contributed by atoms with E-state index in [9.17, 15) is 61.7 Å². The fourth-order valence-corrected chi connectivity index (χ4v) is 13.0. The first-order valence-electron chi connectivity index (χ1n) is 36.2. The van der Waals surface area contributed by atoms with Crippen molar-refractivity contribution < 1.29 is 65.9 Å². The van der Waals surface area contributed by atoms with Crippen LogP contribution in [0.5, 0.6) is 11.5 Å². The van der Waals surface area contributed by atoms with Gasteiger partial charge in [0.1, 0.15) is 57.0 Å². The number of carboxylic acid groups (broad SMARTS) is 2. The molecule has 0 spiro atoms. The number of pyridine rings is 4. The van der Waals surface area contributed by atoms with Crippen LogP contribution in [-0.2, 0) is 47.5 Å². The number of aromatic carboxylic acids is 2. The van der Waals surface area contributed by atoms with Crippen molar-refractivity contribution in [2.75, 3.05) is 46.4 Å². The predicted molar refractivity (Wildman–Crippen MR) is 456 cm³/mol. The number of benzene rings is 10. The monoisotopic (exact) mass is 1730 g/mol. The molecule has 14 aromatic rings. The number of fused-ring (bicyclic) bond motifs is 4. The number of aromatic nitrogens is 4. The molecule has 14 rings (SSSR count). The summed E-state index contributed by atoms with van der Waals surface area (Å²) in [5.74, 6) is -5.33. The Labute approximate surface area is 697 Å². The summed E-state index contributed by atoms with van der Waals surface area (Å²) in [5.41, 5.74) is 4.56. The third-order valence-electron chi connectivity index (χ3n) is 17.8. The van der Waals surface area contributed by atoms with Crippen LogP contribution in [0, 0.1) is 23.3 Å². The molecule has 0 aliphatic heterocycles. The molecule has 0 atom stereocenters. The molecule has 4 heterocycles. The van der Waals surface area contributed by atoms with E-state index in [0.717, 1.165) is 64.1 Å². The Kier molecular flexibility index (Phi) is 32.4. The highest BCUT2D eigenvalue weighted by molar-refractivity contribution is 9.08. The van der Waals surface area contributed by atoms with E-state index in [1.54, 1.807) is 59.8 Å². The van der Waals surface area contributed by atoms with Crippen LogP contribution in [0.1, 0.15) is 88.7 Å². The first-order chi connectivity index (χ1) is 56.7. The molecule has 4 N–H and O–H groups in total. The van der Waals surface area contributed by atoms with Gasteiger partial charge in [-0.1, -0.05) is 196 Å². The Morgan fingerprint density at radius 2 is 0.805 bits per heavy atom. The first kappa shape index (κ1) is 89.3. The zero-order valence-corrected chi connectivity index (χ0v) is 68.2. The quantitative estimate of drug-likeness (QED) is 0.0314. The number of alkyl halides is 1. The van der Waals surface area contributed by atoms with Crippen molar-refractivity contribution in [1.29, 1.82) is 0 Å². The number of carboxylic acids is 2. The highest BCUT2D eigenvalue weighted by Crippen LogP contribution is 2.30. The molecular weight excluding hydrogens is 1650 g/mol. The van der Waals surface area contributed by atoms with Gasteiger partial charge in [-0.15, -0.1) is 0 Å². The minimum Gasteiger partial charge on any atom is -0.497 e. The Bertz CT molecular complexity index is 6190. The van der Waals surface area contributed by atoms with E-state index in [1.807, 2.05) is 159 Å². The lowest BCUT2D eigenvalue weighted by atomic mass is 10.1. The molecule has 20 nitrogen and oxygen atoms in total. The Balaban J connectivity index is 0.000000169. The number of hydrogen-bond donors (Lipinski definition) is 4. The molecule has 0 amide bonds. The molecule has 0 fully saturated rings. The number of esters is 2. The lowest BCUT2D eigenvalue weighted by Gasteiger charge is -2.22. The van der Waals surface area contributed by atoms with E-state index < -0.39 is 80.0 Å². The fourth-order valence-electron chi connectivity index (χ4n) is 12.1. The summed E-state index contributed by atoms with van der Waals surface area (Å²) in [5, 5.41) is 22.6. The van der Waals surface area contributed by atoms with E-state index in [4.69, 9.17) is 53.8 Å². The van der Waals surface area contributed by atoms with Crippen molar-refractivity contribution in [2.45, 2.75) is 51.9 Å². The number of hydrogen-bond acceptors (Lipinski definition) is 14. The van der Waals surface area contributed by atoms with E-state index in [-0.39, 0.29) is 61.0 Å². The first-order valence-corrected chi connectivity index (χ1v) is 38.5. The number of aromatic amines is 1. The van der Waals surface area contributed by atoms with Crippen molar-refractivity contribution in [3.05, 3.63) is 378 Å². The normalized spacial score (nSPS) is 10.6. The van der Waals surface area contributed by atoms with E-state index in [1.165, 1.54) is 54.1 Å². The summed E-state index contributed by atoms with van der Waals surface area (Å²) in [6.45, 7) is 5.95. The van der Waals surface area contributed by atoms with Gasteiger partial charge in [-0.05, 0) is 127 Å². The smallest absolute Gasteiger partial charge is 0.343 e. The van der Waals surface area contributed by atoms with Crippen LogP contribution in [0.3, 0.4) is 0 Å². The number of nitrogens with zero attached hydrogens (tertiary/aromatic N) is 4. The maximum Gasteiger partial charge on any atom is 0.343 e. The lowest BCUT2D eigenvalue weighted by Crippen LogP contribution is -2.21. The van der Waals surface area contributed by atoms with E-state index in [0.29, 0.717) is 59.7 Å². The summed E-state index contributed by atoms with van der Waals surface area (Å²) in [4.78, 5) is 101. The third kappa shape index (κ3) is 23.3. The molecule has 28 heteroatoms. The number of ether oxygens (including phenoxy) is 4. The molecule has 4 aromatic heterocycles. The molecule has 0 aliphatic rings. The summed E-state index contributed by atoms with van der Waals surface area (Å²) in [6.07, 6.45) is 5.25. The summed E-state index contributed by atoms with van der Waals surface area (Å²) in [6, 6.07) is 63.9. The summed E-state index contributed by atoms with van der Waals surface area (Å²) >= 11 is 20.7. The summed E-state index contributed by atoms with van der Waals surface area (Å²) < 4.78 is 81.0. The van der Waals surface area contributed by atoms with Crippen molar-refractivity contribution in [3.63, 3.8) is 0 Å². The zero-order chi connectivity index (χ0) is 85.3. The van der Waals surface area contributed by atoms with Crippen LogP contribution in [0.25, 0.3) is 43.6 Å². The molecule has 0 aliphatic carbocycles. The minimum absolute atomic E-state index is 0.0114. The average Bonchev–Trinajstić information content (AvgIpc) is 0.778. The number of carbonyl (C=O) groups is 4. The Morgan fingerprint density at radius 3 is 1.21 bits per heavy atom. The summed E-state index contributed by atoms with van der Waals surface area (Å²) in [7, 11) is 6.95. The number of carbonyl (C=O) groups excluding carboxylic acids is 2. The second-order valence-corrected chi connectivity index (χ2v) is 27.7. The SMILES string of the molecule is BrCc1ccccc1.CCOC(=O)c1c[nH]c2cc(Cl)c(F)cc2c1=O.CCOC(=O)c1cn(Cc2ccccc2)c2cc(Cl)c(F)cc2c1=O.CNCc1cccc(OC)c1.COc1cccc(CN(C)c2cc3c(cc2F)c(=O)c(C(=O)O)cn3Cc2ccccc2)c1.O=C(O)c1cn(Cc2ccccc2)c2cc(Cl)c(F)cc2c1=O. The number of methoxy groups -OCH3 is 2. The van der Waals surface area contributed by atoms with Crippen molar-refractivity contribution in [2.24, 2.45) is 0 Å². The molecule has 0 unspecified atom stereocenters. The van der Waals surface area contributed by atoms with Crippen molar-refractivity contribution in [1.82, 2.24) is 24.0 Å². The predicted octanol–water partition coefficient (Wildman–Crippen LogP) is 18.6. The number of anilines is 1. The van der Waals surface area contributed by atoms with Gasteiger partial charge >= 0.3 is 23.9 Å². The molecule has 0 saturated heterocycles. The van der Waals surface area contributed by atoms with Gasteiger partial charge in [-0.3, -0.25) is 19.2 Å². The molecular formula is C90H78BrCl3F4N6O14. The maximum absolute atomic E-state index is 15.1. The van der Waals surface area contributed by atoms with Crippen LogP contribution in [0.4, 0.5) is 23.2 Å². The van der Waals surface area contributed by atoms with Gasteiger partial charge in [-0.2, -0.15) is 0 Å². The van der Waals surface area contributed by atoms with Gasteiger partial charge in [0.2, 0.25) is 21.7 Å². The minimum atomic E-state index is -1.35. The number of nitrogens with one attached hydrogen (secondary N) is 2. The second kappa shape index (κ2) is 42.8. The molecule has 10 aromatic carbocycles. The number of halogens is 8. The van der Waals surface area contributed by atoms with E-state index in [2.05, 4.69) is 44.4 Å².